The number of carbonyl (C=O) groups excluding carboxylic acids is 1. The van der Waals surface area contributed by atoms with Crippen molar-refractivity contribution in [2.75, 3.05) is 12.3 Å². The first-order chi connectivity index (χ1) is 10.7. The van der Waals surface area contributed by atoms with Gasteiger partial charge in [-0.3, -0.25) is 9.78 Å². The van der Waals surface area contributed by atoms with E-state index in [0.717, 1.165) is 16.2 Å². The van der Waals surface area contributed by atoms with E-state index in [2.05, 4.69) is 15.1 Å². The third-order valence-corrected chi connectivity index (χ3v) is 5.34. The zero-order valence-corrected chi connectivity index (χ0v) is 12.4. The zero-order chi connectivity index (χ0) is 15.1. The van der Waals surface area contributed by atoms with Crippen LogP contribution in [0.2, 0.25) is 0 Å². The molecule has 7 heteroatoms. The molecule has 2 aliphatic rings. The second-order valence-corrected chi connectivity index (χ2v) is 6.63. The molecule has 0 spiro atoms. The Kier molecular flexibility index (Phi) is 3.16. The van der Waals surface area contributed by atoms with Crippen LogP contribution in [-0.4, -0.2) is 43.4 Å². The third-order valence-electron chi connectivity index (χ3n) is 3.79. The van der Waals surface area contributed by atoms with Gasteiger partial charge in [-0.2, -0.15) is 5.10 Å². The highest BCUT2D eigenvalue weighted by Gasteiger charge is 2.41. The van der Waals surface area contributed by atoms with Crippen molar-refractivity contribution in [3.8, 4) is 0 Å². The number of aromatic nitrogens is 2. The van der Waals surface area contributed by atoms with E-state index in [1.54, 1.807) is 0 Å². The standard InChI is InChI=1S/C15H12N4O2S/c20-15(12-7-16-5-6-17-12)19-8-10-9-22(21)13-4-2-1-3-11(13)14(10)18-19/h1-7,10H,8-9H2. The fourth-order valence-corrected chi connectivity index (χ4v) is 4.23. The van der Waals surface area contributed by atoms with Gasteiger partial charge in [0.2, 0.25) is 0 Å². The summed E-state index contributed by atoms with van der Waals surface area (Å²) in [5.41, 5.74) is 1.99. The molecule has 0 fully saturated rings. The minimum absolute atomic E-state index is 0.0105. The van der Waals surface area contributed by atoms with Gasteiger partial charge in [0.25, 0.3) is 5.91 Å². The molecule has 3 heterocycles. The highest BCUT2D eigenvalue weighted by atomic mass is 32.2. The summed E-state index contributed by atoms with van der Waals surface area (Å²) in [6.45, 7) is 0.435. The maximum Gasteiger partial charge on any atom is 0.294 e. The molecule has 0 saturated carbocycles. The molecule has 0 radical (unpaired) electrons. The Morgan fingerprint density at radius 1 is 1.32 bits per heavy atom. The molecule has 2 aliphatic heterocycles. The summed E-state index contributed by atoms with van der Waals surface area (Å²) in [5, 5.41) is 5.87. The second-order valence-electron chi connectivity index (χ2n) is 5.17. The summed E-state index contributed by atoms with van der Waals surface area (Å²) < 4.78 is 12.3. The second kappa shape index (κ2) is 5.19. The molecule has 4 rings (SSSR count). The van der Waals surface area contributed by atoms with Crippen molar-refractivity contribution < 1.29 is 9.35 Å². The SMILES string of the molecule is O=C(c1cnccn1)N1CC2C[S+]([O-])c3ccccc3C2=N1. The van der Waals surface area contributed by atoms with Crippen molar-refractivity contribution in [2.24, 2.45) is 11.0 Å². The van der Waals surface area contributed by atoms with Gasteiger partial charge in [0.1, 0.15) is 11.4 Å². The van der Waals surface area contributed by atoms with E-state index in [1.807, 2.05) is 24.3 Å². The molecular weight excluding hydrogens is 300 g/mol. The third kappa shape index (κ3) is 2.10. The Balaban J connectivity index is 1.69. The van der Waals surface area contributed by atoms with Crippen LogP contribution in [-0.2, 0) is 11.2 Å². The van der Waals surface area contributed by atoms with Crippen molar-refractivity contribution in [3.63, 3.8) is 0 Å². The molecule has 1 aromatic carbocycles. The van der Waals surface area contributed by atoms with Gasteiger partial charge in [0, 0.05) is 12.4 Å². The number of amides is 1. The molecule has 0 bridgehead atoms. The number of carbonyl (C=O) groups is 1. The van der Waals surface area contributed by atoms with Crippen molar-refractivity contribution in [1.82, 2.24) is 15.0 Å². The van der Waals surface area contributed by atoms with E-state index in [4.69, 9.17) is 0 Å². The highest BCUT2D eigenvalue weighted by Crippen LogP contribution is 2.32. The maximum absolute atomic E-state index is 12.4. The van der Waals surface area contributed by atoms with Crippen LogP contribution in [0, 0.1) is 5.92 Å². The van der Waals surface area contributed by atoms with Crippen LogP contribution in [0.4, 0.5) is 0 Å². The van der Waals surface area contributed by atoms with Crippen molar-refractivity contribution in [1.29, 1.82) is 0 Å². The van der Waals surface area contributed by atoms with Gasteiger partial charge in [-0.1, -0.05) is 12.1 Å². The smallest absolute Gasteiger partial charge is 0.294 e. The Hall–Kier alpha value is -2.25. The van der Waals surface area contributed by atoms with Crippen molar-refractivity contribution >= 4 is 22.8 Å². The monoisotopic (exact) mass is 312 g/mol. The number of nitrogens with zero attached hydrogens (tertiary/aromatic N) is 4. The Labute approximate surface area is 130 Å². The number of hydrogen-bond acceptors (Lipinski definition) is 5. The molecule has 1 aromatic heterocycles. The van der Waals surface area contributed by atoms with E-state index in [-0.39, 0.29) is 17.5 Å². The van der Waals surface area contributed by atoms with Crippen LogP contribution in [0.3, 0.4) is 0 Å². The number of benzene rings is 1. The van der Waals surface area contributed by atoms with Crippen LogP contribution in [0.5, 0.6) is 0 Å². The van der Waals surface area contributed by atoms with E-state index < -0.39 is 11.2 Å². The lowest BCUT2D eigenvalue weighted by Crippen LogP contribution is -2.33. The molecule has 22 heavy (non-hydrogen) atoms. The maximum atomic E-state index is 12.4. The number of hydrazone groups is 1. The van der Waals surface area contributed by atoms with Gasteiger partial charge in [0.05, 0.1) is 29.9 Å². The number of rotatable bonds is 1. The van der Waals surface area contributed by atoms with E-state index >= 15 is 0 Å². The van der Waals surface area contributed by atoms with E-state index in [1.165, 1.54) is 23.6 Å². The predicted molar refractivity (Wildman–Crippen MR) is 80.8 cm³/mol. The highest BCUT2D eigenvalue weighted by molar-refractivity contribution is 7.91. The Morgan fingerprint density at radius 2 is 2.18 bits per heavy atom. The Morgan fingerprint density at radius 3 is 3.00 bits per heavy atom. The van der Waals surface area contributed by atoms with Crippen LogP contribution < -0.4 is 0 Å². The summed E-state index contributed by atoms with van der Waals surface area (Å²) in [6, 6.07) is 7.54. The van der Waals surface area contributed by atoms with Gasteiger partial charge in [-0.05, 0) is 23.3 Å². The fraction of sp³-hybridized carbons (Fsp3) is 0.200. The first-order valence-corrected chi connectivity index (χ1v) is 8.20. The van der Waals surface area contributed by atoms with Gasteiger partial charge in [-0.15, -0.1) is 0 Å². The minimum atomic E-state index is -1.05. The van der Waals surface area contributed by atoms with Crippen LogP contribution >= 0.6 is 0 Å². The summed E-state index contributed by atoms with van der Waals surface area (Å²) in [4.78, 5) is 21.1. The summed E-state index contributed by atoms with van der Waals surface area (Å²) in [6.07, 6.45) is 4.43. The van der Waals surface area contributed by atoms with Crippen LogP contribution in [0.25, 0.3) is 0 Å². The first-order valence-electron chi connectivity index (χ1n) is 6.88. The molecule has 6 nitrogen and oxygen atoms in total. The molecule has 2 unspecified atom stereocenters. The topological polar surface area (TPSA) is 81.5 Å². The lowest BCUT2D eigenvalue weighted by Gasteiger charge is -2.23. The van der Waals surface area contributed by atoms with Crippen LogP contribution in [0.1, 0.15) is 16.1 Å². The predicted octanol–water partition coefficient (Wildman–Crippen LogP) is 1.07. The molecule has 2 aromatic rings. The normalized spacial score (nSPS) is 22.8. The molecule has 1 amide bonds. The largest absolute Gasteiger partial charge is 0.611 e. The number of fused-ring (bicyclic) bond motifs is 3. The van der Waals surface area contributed by atoms with Crippen molar-refractivity contribution in [3.05, 3.63) is 54.1 Å². The number of hydrogen-bond donors (Lipinski definition) is 0. The zero-order valence-electron chi connectivity index (χ0n) is 11.5. The van der Waals surface area contributed by atoms with Gasteiger partial charge < -0.3 is 4.55 Å². The van der Waals surface area contributed by atoms with Gasteiger partial charge in [0.15, 0.2) is 4.90 Å². The van der Waals surface area contributed by atoms with E-state index in [0.29, 0.717) is 12.3 Å². The van der Waals surface area contributed by atoms with Crippen molar-refractivity contribution in [2.45, 2.75) is 4.90 Å². The summed E-state index contributed by atoms with van der Waals surface area (Å²) in [7, 11) is 0. The van der Waals surface area contributed by atoms with Gasteiger partial charge >= 0.3 is 0 Å². The lowest BCUT2D eigenvalue weighted by atomic mass is 9.98. The fourth-order valence-electron chi connectivity index (χ4n) is 2.77. The molecule has 0 aliphatic carbocycles. The molecule has 110 valence electrons. The molecule has 2 atom stereocenters. The minimum Gasteiger partial charge on any atom is -0.611 e. The first kappa shape index (κ1) is 13.4. The summed E-state index contributed by atoms with van der Waals surface area (Å²) >= 11 is -1.05. The average molecular weight is 312 g/mol. The Bertz CT molecular complexity index is 765. The molecule has 0 N–H and O–H groups in total. The van der Waals surface area contributed by atoms with E-state index in [9.17, 15) is 9.35 Å². The lowest BCUT2D eigenvalue weighted by molar-refractivity contribution is 0.0763. The van der Waals surface area contributed by atoms with Crippen LogP contribution in [0.15, 0.2) is 52.9 Å². The van der Waals surface area contributed by atoms with Gasteiger partial charge in [-0.25, -0.2) is 9.99 Å². The molecule has 0 saturated heterocycles. The quantitative estimate of drug-likeness (QED) is 0.738. The molecular formula is C15H12N4O2S. The summed E-state index contributed by atoms with van der Waals surface area (Å²) in [5.74, 6) is 0.231. The average Bonchev–Trinajstić information content (AvgIpc) is 2.99.